The molecule has 2 aromatic carbocycles. The number of benzene rings is 2. The van der Waals surface area contributed by atoms with Crippen molar-refractivity contribution in [3.63, 3.8) is 0 Å². The Labute approximate surface area is 203 Å². The number of ether oxygens (including phenoxy) is 1. The summed E-state index contributed by atoms with van der Waals surface area (Å²) >= 11 is 0. The lowest BCUT2D eigenvalue weighted by Gasteiger charge is -2.38. The molecule has 2 aromatic rings. The molecule has 1 aliphatic rings. The Balaban J connectivity index is 0.000000261. The molecule has 15 heteroatoms. The minimum atomic E-state index is -4.89. The van der Waals surface area contributed by atoms with Crippen molar-refractivity contribution in [1.29, 1.82) is 0 Å². The van der Waals surface area contributed by atoms with Gasteiger partial charge in [0.15, 0.2) is 0 Å². The highest BCUT2D eigenvalue weighted by Crippen LogP contribution is 2.29. The fraction of sp³-hybridized carbons (Fsp3) is 0.333. The first-order valence-electron chi connectivity index (χ1n) is 10.00. The first kappa shape index (κ1) is 29.2. The van der Waals surface area contributed by atoms with Crippen LogP contribution >= 0.6 is 0 Å². The molecule has 0 radical (unpaired) electrons. The molecular weight excluding hydrogens is 511 g/mol. The summed E-state index contributed by atoms with van der Waals surface area (Å²) in [5.41, 5.74) is 0.903. The zero-order valence-electron chi connectivity index (χ0n) is 18.4. The topological polar surface area (TPSA) is 228 Å². The van der Waals surface area contributed by atoms with Gasteiger partial charge in [-0.05, 0) is 41.8 Å². The number of carboxylic acid groups (broad SMARTS) is 2. The molecule has 198 valence electrons. The molecule has 0 bridgehead atoms. The van der Waals surface area contributed by atoms with Crippen molar-refractivity contribution < 1.29 is 66.5 Å². The summed E-state index contributed by atoms with van der Waals surface area (Å²) in [5, 5.41) is 54.9. The monoisotopic (exact) mass is 534 g/mol. The summed E-state index contributed by atoms with van der Waals surface area (Å²) in [7, 11) is -4.89. The second kappa shape index (κ2) is 11.8. The van der Waals surface area contributed by atoms with Gasteiger partial charge in [-0.2, -0.15) is 8.42 Å². The van der Waals surface area contributed by atoms with Gasteiger partial charge in [-0.25, -0.2) is 18.2 Å². The zero-order chi connectivity index (χ0) is 27.4. The number of rotatable bonds is 6. The molecule has 13 nitrogen and oxygen atoms in total. The highest BCUT2D eigenvalue weighted by atomic mass is 32.3. The number of aliphatic hydroxyl groups is 4. The van der Waals surface area contributed by atoms with Gasteiger partial charge in [0.25, 0.3) is 0 Å². The SMILES string of the molecule is Cc1c(C(=O)O)ccc(-c2ccc(F)cc2)c1C(=O)O.O=S(=O)(O)O[C@@H]1O[C@H](CO)[C@@H](O)[C@H](O)[C@H]1O. The fourth-order valence-electron chi connectivity index (χ4n) is 3.36. The van der Waals surface area contributed by atoms with Crippen molar-refractivity contribution in [2.75, 3.05) is 6.61 Å². The van der Waals surface area contributed by atoms with Crippen molar-refractivity contribution in [3.05, 3.63) is 58.9 Å². The molecule has 1 saturated heterocycles. The van der Waals surface area contributed by atoms with Gasteiger partial charge in [-0.3, -0.25) is 4.55 Å². The lowest BCUT2D eigenvalue weighted by molar-refractivity contribution is -0.277. The molecular formula is C21H23FO13S. The lowest BCUT2D eigenvalue weighted by atomic mass is 9.92. The van der Waals surface area contributed by atoms with E-state index < -0.39 is 65.5 Å². The van der Waals surface area contributed by atoms with E-state index in [0.717, 1.165) is 0 Å². The highest BCUT2D eigenvalue weighted by Gasteiger charge is 2.45. The molecule has 1 heterocycles. The molecule has 0 aliphatic carbocycles. The smallest absolute Gasteiger partial charge is 0.399 e. The second-order valence-electron chi connectivity index (χ2n) is 7.50. The molecule has 1 aliphatic heterocycles. The Morgan fingerprint density at radius 3 is 2.03 bits per heavy atom. The maximum Gasteiger partial charge on any atom is 0.399 e. The second-order valence-corrected chi connectivity index (χ2v) is 8.55. The first-order chi connectivity index (χ1) is 16.7. The molecule has 0 amide bonds. The summed E-state index contributed by atoms with van der Waals surface area (Å²) < 4.78 is 50.5. The summed E-state index contributed by atoms with van der Waals surface area (Å²) in [6, 6.07) is 8.13. The zero-order valence-corrected chi connectivity index (χ0v) is 19.2. The van der Waals surface area contributed by atoms with Crippen molar-refractivity contribution in [1.82, 2.24) is 0 Å². The van der Waals surface area contributed by atoms with E-state index in [1.165, 1.54) is 43.3 Å². The van der Waals surface area contributed by atoms with Crippen molar-refractivity contribution in [2.24, 2.45) is 0 Å². The molecule has 0 saturated carbocycles. The van der Waals surface area contributed by atoms with E-state index in [-0.39, 0.29) is 16.7 Å². The minimum Gasteiger partial charge on any atom is -0.478 e. The summed E-state index contributed by atoms with van der Waals surface area (Å²) in [4.78, 5) is 22.4. The van der Waals surface area contributed by atoms with Crippen LogP contribution in [-0.4, -0.2) is 92.9 Å². The van der Waals surface area contributed by atoms with Gasteiger partial charge in [-0.1, -0.05) is 18.2 Å². The van der Waals surface area contributed by atoms with Crippen LogP contribution in [0, 0.1) is 12.7 Å². The van der Waals surface area contributed by atoms with Crippen LogP contribution in [0.3, 0.4) is 0 Å². The summed E-state index contributed by atoms with van der Waals surface area (Å²) in [6.07, 6.45) is -8.46. The lowest BCUT2D eigenvalue weighted by Crippen LogP contribution is -2.59. The molecule has 0 unspecified atom stereocenters. The van der Waals surface area contributed by atoms with Crippen LogP contribution in [-0.2, 0) is 19.3 Å². The standard InChI is InChI=1S/C15H11FO4.C6H12O9S/c1-8-11(14(17)18)6-7-12(13(8)15(19)20)9-2-4-10(16)5-3-9;7-1-2-3(8)4(9)5(10)6(14-2)15-16(11,12)13/h2-7H,1H3,(H,17,18)(H,19,20);2-10H,1H2,(H,11,12,13)/t;2-,3-,4+,5-,6+/m.1/s1. The molecule has 7 N–H and O–H groups in total. The van der Waals surface area contributed by atoms with E-state index in [2.05, 4.69) is 8.92 Å². The molecule has 3 rings (SSSR count). The third-order valence-corrected chi connectivity index (χ3v) is 5.56. The Morgan fingerprint density at radius 1 is 0.972 bits per heavy atom. The number of carbonyl (C=O) groups is 2. The predicted octanol–water partition coefficient (Wildman–Crippen LogP) is -0.197. The van der Waals surface area contributed by atoms with Crippen molar-refractivity contribution in [2.45, 2.75) is 37.6 Å². The number of aliphatic hydroxyl groups excluding tert-OH is 4. The van der Waals surface area contributed by atoms with Crippen LogP contribution in [0.2, 0.25) is 0 Å². The molecule has 5 atom stereocenters. The summed E-state index contributed by atoms with van der Waals surface area (Å²) in [6.45, 7) is 0.718. The van der Waals surface area contributed by atoms with Gasteiger partial charge in [0.05, 0.1) is 17.7 Å². The number of halogens is 1. The van der Waals surface area contributed by atoms with E-state index in [1.807, 2.05) is 0 Å². The van der Waals surface area contributed by atoms with Gasteiger partial charge in [0.1, 0.15) is 30.2 Å². The number of hydrogen-bond donors (Lipinski definition) is 7. The Morgan fingerprint density at radius 2 is 1.56 bits per heavy atom. The Kier molecular flexibility index (Phi) is 9.58. The quantitative estimate of drug-likeness (QED) is 0.239. The summed E-state index contributed by atoms with van der Waals surface area (Å²) in [5.74, 6) is -2.83. The normalized spacial score (nSPS) is 23.9. The molecule has 0 aromatic heterocycles. The average Bonchev–Trinajstić information content (AvgIpc) is 2.79. The number of aromatic carboxylic acids is 2. The predicted molar refractivity (Wildman–Crippen MR) is 117 cm³/mol. The number of carboxylic acids is 2. The Bertz CT molecular complexity index is 1200. The maximum atomic E-state index is 12.9. The minimum absolute atomic E-state index is 0.0618. The largest absolute Gasteiger partial charge is 0.478 e. The van der Waals surface area contributed by atoms with Gasteiger partial charge in [0.2, 0.25) is 6.29 Å². The van der Waals surface area contributed by atoms with E-state index in [1.54, 1.807) is 0 Å². The molecule has 36 heavy (non-hydrogen) atoms. The van der Waals surface area contributed by atoms with Gasteiger partial charge in [-0.15, -0.1) is 0 Å². The molecule has 0 spiro atoms. The third kappa shape index (κ3) is 7.02. The molecule has 1 fully saturated rings. The first-order valence-corrected chi connectivity index (χ1v) is 11.4. The van der Waals surface area contributed by atoms with Gasteiger partial charge in [0, 0.05) is 0 Å². The van der Waals surface area contributed by atoms with Gasteiger partial charge < -0.3 is 35.4 Å². The Hall–Kier alpha value is -3.02. The van der Waals surface area contributed by atoms with Crippen LogP contribution in [0.25, 0.3) is 11.1 Å². The van der Waals surface area contributed by atoms with E-state index in [9.17, 15) is 42.8 Å². The van der Waals surface area contributed by atoms with Crippen LogP contribution in [0.15, 0.2) is 36.4 Å². The van der Waals surface area contributed by atoms with Crippen LogP contribution in [0.4, 0.5) is 4.39 Å². The van der Waals surface area contributed by atoms with Crippen LogP contribution < -0.4 is 0 Å². The maximum absolute atomic E-state index is 12.9. The third-order valence-electron chi connectivity index (χ3n) is 5.13. The van der Waals surface area contributed by atoms with E-state index >= 15 is 0 Å². The van der Waals surface area contributed by atoms with E-state index in [0.29, 0.717) is 11.1 Å². The van der Waals surface area contributed by atoms with Crippen molar-refractivity contribution in [3.8, 4) is 11.1 Å². The number of hydrogen-bond acceptors (Lipinski definition) is 10. The van der Waals surface area contributed by atoms with Crippen LogP contribution in [0.1, 0.15) is 26.3 Å². The van der Waals surface area contributed by atoms with E-state index in [4.69, 9.17) is 14.8 Å². The fourth-order valence-corrected chi connectivity index (χ4v) is 3.75. The van der Waals surface area contributed by atoms with Crippen molar-refractivity contribution >= 4 is 22.3 Å². The van der Waals surface area contributed by atoms with Gasteiger partial charge >= 0.3 is 22.3 Å². The van der Waals surface area contributed by atoms with Crippen LogP contribution in [0.5, 0.6) is 0 Å². The highest BCUT2D eigenvalue weighted by molar-refractivity contribution is 7.80. The average molecular weight is 534 g/mol.